The van der Waals surface area contributed by atoms with Crippen LogP contribution in [-0.4, -0.2) is 58.5 Å². The van der Waals surface area contributed by atoms with Crippen LogP contribution < -0.4 is 10.1 Å². The van der Waals surface area contributed by atoms with Crippen molar-refractivity contribution in [3.8, 4) is 5.75 Å². The molecule has 0 radical (unpaired) electrons. The molecule has 4 aliphatic rings. The highest BCUT2D eigenvalue weighted by Gasteiger charge is 2.54. The van der Waals surface area contributed by atoms with Crippen molar-refractivity contribution in [1.29, 1.82) is 0 Å². The number of aliphatic hydroxyl groups excluding tert-OH is 1. The Labute approximate surface area is 153 Å². The van der Waals surface area contributed by atoms with Gasteiger partial charge < -0.3 is 25.4 Å². The summed E-state index contributed by atoms with van der Waals surface area (Å²) in [6.07, 6.45) is 4.05. The van der Waals surface area contributed by atoms with Gasteiger partial charge in [-0.1, -0.05) is 12.2 Å². The third-order valence-corrected chi connectivity index (χ3v) is 6.09. The fourth-order valence-corrected chi connectivity index (χ4v) is 4.72. The van der Waals surface area contributed by atoms with E-state index in [1.165, 1.54) is 0 Å². The zero-order valence-corrected chi connectivity index (χ0v) is 14.9. The lowest BCUT2D eigenvalue weighted by Gasteiger charge is -2.56. The van der Waals surface area contributed by atoms with Gasteiger partial charge >= 0.3 is 0 Å². The SMILES string of the molecule is C=C[C@H]1CN2[C@H]([C@H](O)C3=CCNc4ccc(OC)cc43)C[C@H]1CC2(O)O. The van der Waals surface area contributed by atoms with Crippen molar-refractivity contribution in [2.24, 2.45) is 11.8 Å². The largest absolute Gasteiger partial charge is 0.497 e. The van der Waals surface area contributed by atoms with E-state index >= 15 is 0 Å². The molecule has 2 bridgehead atoms. The van der Waals surface area contributed by atoms with E-state index in [9.17, 15) is 15.3 Å². The third-order valence-electron chi connectivity index (χ3n) is 6.09. The Kier molecular flexibility index (Phi) is 4.31. The lowest BCUT2D eigenvalue weighted by Crippen LogP contribution is -2.68. The molecule has 0 saturated carbocycles. The van der Waals surface area contributed by atoms with Crippen molar-refractivity contribution < 1.29 is 20.1 Å². The van der Waals surface area contributed by atoms with E-state index in [4.69, 9.17) is 4.74 Å². The fraction of sp³-hybridized carbons (Fsp3) is 0.500. The van der Waals surface area contributed by atoms with Crippen LogP contribution in [0.5, 0.6) is 5.75 Å². The van der Waals surface area contributed by atoms with Gasteiger partial charge in [-0.25, -0.2) is 4.90 Å². The predicted octanol–water partition coefficient (Wildman–Crippen LogP) is 1.40. The molecule has 6 nitrogen and oxygen atoms in total. The number of aliphatic hydroxyl groups is 3. The van der Waals surface area contributed by atoms with Crippen LogP contribution in [0.3, 0.4) is 0 Å². The second-order valence-electron chi connectivity index (χ2n) is 7.49. The Hall–Kier alpha value is -1.86. The molecule has 4 heterocycles. The molecule has 0 aromatic heterocycles. The van der Waals surface area contributed by atoms with Gasteiger partial charge in [0.1, 0.15) is 5.75 Å². The van der Waals surface area contributed by atoms with Crippen molar-refractivity contribution in [3.05, 3.63) is 42.5 Å². The highest BCUT2D eigenvalue weighted by molar-refractivity contribution is 5.82. The highest BCUT2D eigenvalue weighted by Crippen LogP contribution is 2.46. The summed E-state index contributed by atoms with van der Waals surface area (Å²) in [5.41, 5.74) is 2.65. The van der Waals surface area contributed by atoms with E-state index in [1.54, 1.807) is 12.0 Å². The van der Waals surface area contributed by atoms with E-state index in [1.807, 2.05) is 30.4 Å². The lowest BCUT2D eigenvalue weighted by molar-refractivity contribution is -0.329. The van der Waals surface area contributed by atoms with Crippen LogP contribution in [0.1, 0.15) is 18.4 Å². The van der Waals surface area contributed by atoms with E-state index in [-0.39, 0.29) is 24.3 Å². The standard InChI is InChI=1S/C20H26N2O4/c1-3-12-11-22-18(8-13(12)10-20(22,24)25)19(23)15-6-7-21-17-5-4-14(26-2)9-16(15)17/h3-6,9,12-13,18-19,21,23-25H,1,7-8,10-11H2,2H3/t12-,13-,18-,19+/m0/s1. The Morgan fingerprint density at radius 3 is 2.92 bits per heavy atom. The number of methoxy groups -OCH3 is 1. The first-order valence-electron chi connectivity index (χ1n) is 9.09. The summed E-state index contributed by atoms with van der Waals surface area (Å²) in [5, 5.41) is 35.4. The number of anilines is 1. The Balaban J connectivity index is 1.66. The van der Waals surface area contributed by atoms with Gasteiger partial charge in [0.2, 0.25) is 5.91 Å². The van der Waals surface area contributed by atoms with Crippen LogP contribution in [0, 0.1) is 11.8 Å². The molecule has 6 heteroatoms. The summed E-state index contributed by atoms with van der Waals surface area (Å²) in [6.45, 7) is 5.00. The molecule has 1 aromatic rings. The zero-order valence-electron chi connectivity index (χ0n) is 14.9. The topological polar surface area (TPSA) is 85.2 Å². The maximum absolute atomic E-state index is 11.2. The molecule has 4 N–H and O–H groups in total. The van der Waals surface area contributed by atoms with Gasteiger partial charge in [-0.3, -0.25) is 0 Å². The van der Waals surface area contributed by atoms with E-state index in [2.05, 4.69) is 11.9 Å². The van der Waals surface area contributed by atoms with Gasteiger partial charge in [0, 0.05) is 36.8 Å². The van der Waals surface area contributed by atoms with Crippen LogP contribution in [-0.2, 0) is 0 Å². The van der Waals surface area contributed by atoms with E-state index in [0.29, 0.717) is 19.5 Å². The van der Waals surface area contributed by atoms with Crippen LogP contribution in [0.4, 0.5) is 5.69 Å². The highest BCUT2D eigenvalue weighted by atomic mass is 16.5. The molecule has 3 fully saturated rings. The molecule has 1 unspecified atom stereocenters. The molecule has 0 amide bonds. The number of fused-ring (bicyclic) bond motifs is 4. The van der Waals surface area contributed by atoms with Crippen molar-refractivity contribution in [2.75, 3.05) is 25.5 Å². The maximum atomic E-state index is 11.2. The smallest absolute Gasteiger partial charge is 0.225 e. The number of nitrogens with one attached hydrogen (secondary N) is 1. The molecular formula is C20H26N2O4. The predicted molar refractivity (Wildman–Crippen MR) is 99.5 cm³/mol. The molecule has 0 aliphatic carbocycles. The molecule has 140 valence electrons. The Morgan fingerprint density at radius 1 is 1.42 bits per heavy atom. The van der Waals surface area contributed by atoms with Crippen LogP contribution >= 0.6 is 0 Å². The molecule has 26 heavy (non-hydrogen) atoms. The molecule has 5 atom stereocenters. The fourth-order valence-electron chi connectivity index (χ4n) is 4.72. The Bertz CT molecular complexity index is 745. The van der Waals surface area contributed by atoms with Gasteiger partial charge in [0.25, 0.3) is 0 Å². The monoisotopic (exact) mass is 358 g/mol. The number of rotatable bonds is 4. The number of nitrogens with zero attached hydrogens (tertiary/aromatic N) is 1. The average molecular weight is 358 g/mol. The number of hydrogen-bond acceptors (Lipinski definition) is 6. The lowest BCUT2D eigenvalue weighted by atomic mass is 9.71. The quantitative estimate of drug-likeness (QED) is 0.481. The van der Waals surface area contributed by atoms with Crippen LogP contribution in [0.2, 0.25) is 0 Å². The molecular weight excluding hydrogens is 332 g/mol. The second-order valence-corrected chi connectivity index (χ2v) is 7.49. The number of piperidine rings is 3. The molecule has 3 saturated heterocycles. The summed E-state index contributed by atoms with van der Waals surface area (Å²) < 4.78 is 5.33. The summed E-state index contributed by atoms with van der Waals surface area (Å²) in [6, 6.07) is 5.39. The van der Waals surface area contributed by atoms with Crippen LogP contribution in [0.15, 0.2) is 36.9 Å². The van der Waals surface area contributed by atoms with Crippen molar-refractivity contribution in [1.82, 2.24) is 4.90 Å². The minimum atomic E-state index is -1.88. The molecule has 0 spiro atoms. The van der Waals surface area contributed by atoms with Crippen molar-refractivity contribution in [2.45, 2.75) is 30.9 Å². The summed E-state index contributed by atoms with van der Waals surface area (Å²) >= 11 is 0. The summed E-state index contributed by atoms with van der Waals surface area (Å²) in [4.78, 5) is 1.63. The molecule has 5 rings (SSSR count). The molecule has 4 aliphatic heterocycles. The normalized spacial score (nSPS) is 32.8. The minimum absolute atomic E-state index is 0.110. The number of benzene rings is 1. The van der Waals surface area contributed by atoms with Gasteiger partial charge in [-0.05, 0) is 42.0 Å². The van der Waals surface area contributed by atoms with Gasteiger partial charge in [0.05, 0.1) is 13.2 Å². The van der Waals surface area contributed by atoms with Crippen molar-refractivity contribution in [3.63, 3.8) is 0 Å². The van der Waals surface area contributed by atoms with Gasteiger partial charge in [0.15, 0.2) is 0 Å². The third kappa shape index (κ3) is 2.74. The number of hydrogen-bond donors (Lipinski definition) is 4. The first kappa shape index (κ1) is 17.5. The van der Waals surface area contributed by atoms with Gasteiger partial charge in [-0.2, -0.15) is 0 Å². The zero-order chi connectivity index (χ0) is 18.5. The minimum Gasteiger partial charge on any atom is -0.497 e. The van der Waals surface area contributed by atoms with E-state index in [0.717, 1.165) is 22.6 Å². The summed E-state index contributed by atoms with van der Waals surface area (Å²) in [7, 11) is 1.62. The average Bonchev–Trinajstić information content (AvgIpc) is 2.65. The second kappa shape index (κ2) is 6.39. The number of ether oxygens (including phenoxy) is 1. The summed E-state index contributed by atoms with van der Waals surface area (Å²) in [5.74, 6) is -0.820. The Morgan fingerprint density at radius 2 is 2.23 bits per heavy atom. The first-order valence-corrected chi connectivity index (χ1v) is 9.09. The van der Waals surface area contributed by atoms with Gasteiger partial charge in [-0.15, -0.1) is 6.58 Å². The van der Waals surface area contributed by atoms with Crippen molar-refractivity contribution >= 4 is 11.3 Å². The van der Waals surface area contributed by atoms with E-state index < -0.39 is 12.0 Å². The van der Waals surface area contributed by atoms with Crippen LogP contribution in [0.25, 0.3) is 5.57 Å². The first-order chi connectivity index (χ1) is 12.4. The molecule has 1 aromatic carbocycles. The maximum Gasteiger partial charge on any atom is 0.225 e.